The van der Waals surface area contributed by atoms with Gasteiger partial charge in [-0.05, 0) is 11.8 Å². The summed E-state index contributed by atoms with van der Waals surface area (Å²) in [7, 11) is 0. The van der Waals surface area contributed by atoms with Crippen LogP contribution >= 0.6 is 0 Å². The Morgan fingerprint density at radius 2 is 1.74 bits per heavy atom. The van der Waals surface area contributed by atoms with Crippen molar-refractivity contribution in [1.29, 1.82) is 5.26 Å². The highest BCUT2D eigenvalue weighted by molar-refractivity contribution is 6.13. The normalized spacial score (nSPS) is 11.3. The van der Waals surface area contributed by atoms with Crippen LogP contribution in [0.1, 0.15) is 25.5 Å². The fourth-order valence-corrected chi connectivity index (χ4v) is 3.02. The Morgan fingerprint density at radius 3 is 2.39 bits per heavy atom. The number of hydrogen-bond acceptors (Lipinski definition) is 4. The lowest BCUT2D eigenvalue weighted by molar-refractivity contribution is 0.296. The second-order valence-electron chi connectivity index (χ2n) is 5.60. The molecule has 4 rings (SSSR count). The monoisotopic (exact) mass is 301 g/mol. The molecular weight excluding hydrogens is 286 g/mol. The van der Waals surface area contributed by atoms with Crippen molar-refractivity contribution >= 4 is 10.8 Å². The van der Waals surface area contributed by atoms with Gasteiger partial charge in [0.2, 0.25) is 5.69 Å². The van der Waals surface area contributed by atoms with Crippen molar-refractivity contribution in [3.8, 4) is 34.5 Å². The summed E-state index contributed by atoms with van der Waals surface area (Å²) < 4.78 is 5.69. The van der Waals surface area contributed by atoms with E-state index < -0.39 is 0 Å². The van der Waals surface area contributed by atoms with E-state index in [0.29, 0.717) is 12.5 Å². The molecule has 0 unspecified atom stereocenters. The molecule has 2 aromatic carbocycles. The Kier molecular flexibility index (Phi) is 3.20. The molecule has 0 N–H and O–H groups in total. The summed E-state index contributed by atoms with van der Waals surface area (Å²) in [5.74, 6) is 0.338. The Bertz CT molecular complexity index is 951. The zero-order valence-electron chi connectivity index (χ0n) is 12.8. The van der Waals surface area contributed by atoms with Crippen LogP contribution < -0.4 is 4.74 Å². The first kappa shape index (κ1) is 13.7. The fourth-order valence-electron chi connectivity index (χ4n) is 3.02. The van der Waals surface area contributed by atoms with Gasteiger partial charge in [0.25, 0.3) is 5.88 Å². The first-order chi connectivity index (χ1) is 11.3. The lowest BCUT2D eigenvalue weighted by Crippen LogP contribution is -2.04. The van der Waals surface area contributed by atoms with Crippen LogP contribution in [0.5, 0.6) is 5.88 Å². The summed E-state index contributed by atoms with van der Waals surface area (Å²) in [6, 6.07) is 14.4. The van der Waals surface area contributed by atoms with E-state index in [1.807, 2.05) is 24.3 Å². The van der Waals surface area contributed by atoms with Crippen molar-refractivity contribution in [2.45, 2.75) is 19.8 Å². The topological polar surface area (TPSA) is 58.8 Å². The lowest BCUT2D eigenvalue weighted by atomic mass is 10.0. The molecule has 4 nitrogen and oxygen atoms in total. The van der Waals surface area contributed by atoms with Crippen LogP contribution in [0.4, 0.5) is 0 Å². The molecule has 3 aromatic rings. The predicted octanol–water partition coefficient (Wildman–Crippen LogP) is 4.33. The number of nitrogens with zero attached hydrogens (tertiary/aromatic N) is 3. The molecule has 0 spiro atoms. The van der Waals surface area contributed by atoms with E-state index in [-0.39, 0.29) is 5.69 Å². The molecule has 23 heavy (non-hydrogen) atoms. The number of fused-ring (bicyclic) bond motifs is 3. The van der Waals surface area contributed by atoms with E-state index >= 15 is 0 Å². The number of aromatic nitrogens is 2. The van der Waals surface area contributed by atoms with E-state index in [1.54, 1.807) is 0 Å². The summed E-state index contributed by atoms with van der Waals surface area (Å²) in [4.78, 5) is 9.17. The number of rotatable bonds is 4. The first-order valence-corrected chi connectivity index (χ1v) is 7.81. The van der Waals surface area contributed by atoms with Gasteiger partial charge in [-0.15, -0.1) is 0 Å². The maximum Gasteiger partial charge on any atom is 0.251 e. The van der Waals surface area contributed by atoms with Gasteiger partial charge in [0.15, 0.2) is 0 Å². The average molecular weight is 301 g/mol. The van der Waals surface area contributed by atoms with Crippen molar-refractivity contribution in [3.05, 3.63) is 42.1 Å². The smallest absolute Gasteiger partial charge is 0.251 e. The van der Waals surface area contributed by atoms with E-state index in [4.69, 9.17) is 4.74 Å². The third-order valence-electron chi connectivity index (χ3n) is 4.12. The average Bonchev–Trinajstić information content (AvgIpc) is 2.90. The molecule has 0 bridgehead atoms. The van der Waals surface area contributed by atoms with Crippen LogP contribution in [0.25, 0.3) is 33.3 Å². The minimum Gasteiger partial charge on any atom is -0.476 e. The van der Waals surface area contributed by atoms with Gasteiger partial charge >= 0.3 is 0 Å². The van der Waals surface area contributed by atoms with Crippen LogP contribution in [0.15, 0.2) is 36.4 Å². The van der Waals surface area contributed by atoms with E-state index in [0.717, 1.165) is 46.1 Å². The number of unbranched alkanes of at least 4 members (excludes halogenated alkanes) is 1. The van der Waals surface area contributed by atoms with Gasteiger partial charge in [-0.1, -0.05) is 49.7 Å². The van der Waals surface area contributed by atoms with Crippen LogP contribution in [-0.4, -0.2) is 16.6 Å². The molecule has 0 amide bonds. The number of hydrogen-bond donors (Lipinski definition) is 0. The van der Waals surface area contributed by atoms with Crippen molar-refractivity contribution < 1.29 is 4.74 Å². The number of benzene rings is 2. The highest BCUT2D eigenvalue weighted by Gasteiger charge is 2.26. The summed E-state index contributed by atoms with van der Waals surface area (Å²) >= 11 is 0. The lowest BCUT2D eigenvalue weighted by Gasteiger charge is -2.08. The largest absolute Gasteiger partial charge is 0.476 e. The van der Waals surface area contributed by atoms with Crippen molar-refractivity contribution in [3.63, 3.8) is 0 Å². The molecule has 0 saturated heterocycles. The maximum atomic E-state index is 9.38. The number of nitriles is 1. The summed E-state index contributed by atoms with van der Waals surface area (Å²) in [6.07, 6.45) is 1.96. The Labute approximate surface area is 134 Å². The predicted molar refractivity (Wildman–Crippen MR) is 89.1 cm³/mol. The van der Waals surface area contributed by atoms with Crippen LogP contribution in [0.3, 0.4) is 0 Å². The molecule has 1 aliphatic rings. The van der Waals surface area contributed by atoms with Gasteiger partial charge in [-0.25, -0.2) is 9.97 Å². The standard InChI is InChI=1S/C19H15N3O/c1-2-3-10-23-19-15(11-20)21-17-13-8-4-6-12-7-5-9-14(16(12)13)18(17)22-19/h4-9H,2-3,10H2,1H3. The van der Waals surface area contributed by atoms with Crippen LogP contribution in [0.2, 0.25) is 0 Å². The molecule has 112 valence electrons. The highest BCUT2D eigenvalue weighted by Crippen LogP contribution is 2.45. The quantitative estimate of drug-likeness (QED) is 0.526. The van der Waals surface area contributed by atoms with Gasteiger partial charge in [-0.3, -0.25) is 0 Å². The minimum absolute atomic E-state index is 0.254. The molecule has 1 heterocycles. The van der Waals surface area contributed by atoms with Gasteiger partial charge in [0, 0.05) is 16.5 Å². The van der Waals surface area contributed by atoms with Gasteiger partial charge in [-0.2, -0.15) is 5.26 Å². The Balaban J connectivity index is 1.91. The molecule has 0 saturated carbocycles. The first-order valence-electron chi connectivity index (χ1n) is 7.81. The SMILES string of the molecule is CCCCOc1nc2c(nc1C#N)-c1cccc3cccc-2c13. The molecule has 1 aromatic heterocycles. The fraction of sp³-hybridized carbons (Fsp3) is 0.211. The summed E-state index contributed by atoms with van der Waals surface area (Å²) in [6.45, 7) is 2.65. The van der Waals surface area contributed by atoms with Crippen LogP contribution in [0, 0.1) is 11.3 Å². The van der Waals surface area contributed by atoms with E-state index in [1.165, 1.54) is 0 Å². The third kappa shape index (κ3) is 2.05. The molecule has 0 fully saturated rings. The van der Waals surface area contributed by atoms with Crippen LogP contribution in [-0.2, 0) is 0 Å². The third-order valence-corrected chi connectivity index (χ3v) is 4.12. The second kappa shape index (κ2) is 5.36. The number of ether oxygens (including phenoxy) is 1. The van der Waals surface area contributed by atoms with Crippen molar-refractivity contribution in [2.24, 2.45) is 0 Å². The summed E-state index contributed by atoms with van der Waals surface area (Å²) in [5.41, 5.74) is 3.94. The zero-order valence-corrected chi connectivity index (χ0v) is 12.8. The Morgan fingerprint density at radius 1 is 1.04 bits per heavy atom. The maximum absolute atomic E-state index is 9.38. The highest BCUT2D eigenvalue weighted by atomic mass is 16.5. The zero-order chi connectivity index (χ0) is 15.8. The van der Waals surface area contributed by atoms with Crippen molar-refractivity contribution in [2.75, 3.05) is 6.61 Å². The summed E-state index contributed by atoms with van der Waals surface area (Å²) in [5, 5.41) is 11.7. The Hall–Kier alpha value is -2.93. The molecule has 0 aliphatic heterocycles. The minimum atomic E-state index is 0.254. The van der Waals surface area contributed by atoms with E-state index in [9.17, 15) is 5.26 Å². The van der Waals surface area contributed by atoms with Gasteiger partial charge in [0.05, 0.1) is 12.3 Å². The van der Waals surface area contributed by atoms with Gasteiger partial charge < -0.3 is 4.74 Å². The molecule has 0 radical (unpaired) electrons. The second-order valence-corrected chi connectivity index (χ2v) is 5.60. The molecule has 0 atom stereocenters. The van der Waals surface area contributed by atoms with Gasteiger partial charge in [0.1, 0.15) is 11.8 Å². The van der Waals surface area contributed by atoms with E-state index in [2.05, 4.69) is 35.1 Å². The molecule has 1 aliphatic carbocycles. The van der Waals surface area contributed by atoms with Crippen molar-refractivity contribution in [1.82, 2.24) is 9.97 Å². The molecular formula is C19H15N3O. The molecule has 4 heteroatoms.